The van der Waals surface area contributed by atoms with Gasteiger partial charge in [0.05, 0.1) is 11.9 Å². The van der Waals surface area contributed by atoms with Crippen molar-refractivity contribution in [2.45, 2.75) is 51.9 Å². The van der Waals surface area contributed by atoms with Crippen molar-refractivity contribution < 1.29 is 43.8 Å². The number of aromatic nitrogens is 1. The van der Waals surface area contributed by atoms with E-state index in [2.05, 4.69) is 16.0 Å². The average molecular weight is 583 g/mol. The molecule has 0 aliphatic carbocycles. The van der Waals surface area contributed by atoms with Crippen molar-refractivity contribution in [1.29, 1.82) is 0 Å². The number of nitrogens with one attached hydrogen (secondary N) is 3. The highest BCUT2D eigenvalue weighted by Gasteiger charge is 2.30. The van der Waals surface area contributed by atoms with Gasteiger partial charge in [0.1, 0.15) is 24.7 Å². The van der Waals surface area contributed by atoms with E-state index in [0.717, 1.165) is 10.3 Å². The van der Waals surface area contributed by atoms with Gasteiger partial charge in [0.2, 0.25) is 17.7 Å². The lowest BCUT2D eigenvalue weighted by molar-refractivity contribution is -0.141. The topological polar surface area (TPSA) is 185 Å². The number of amides is 3. The molecular weight excluding hydrogens is 548 g/mol. The monoisotopic (exact) mass is 582 g/mol. The highest BCUT2D eigenvalue weighted by atomic mass is 16.7. The normalized spacial score (nSPS) is 13.0. The number of alkyl carbamates (subject to hydrolysis) is 1. The van der Waals surface area contributed by atoms with Crippen LogP contribution in [0.25, 0.3) is 10.9 Å². The largest absolute Gasteiger partial charge is 0.492 e. The summed E-state index contributed by atoms with van der Waals surface area (Å²) in [5, 5.41) is 27.4. The Kier molecular flexibility index (Phi) is 10.9. The van der Waals surface area contributed by atoms with Crippen molar-refractivity contribution in [3.8, 4) is 5.88 Å². The van der Waals surface area contributed by atoms with Gasteiger partial charge in [-0.05, 0) is 24.5 Å². The van der Waals surface area contributed by atoms with E-state index in [4.69, 9.17) is 9.57 Å². The van der Waals surface area contributed by atoms with Gasteiger partial charge in [-0.3, -0.25) is 19.2 Å². The SMILES string of the molecule is CC(NC(=O)C(NC(=O)OCc1ccccc1)C(C)C)C(=O)NC(CC(=O)O)C(=O)COn1c(O)cc2ccccc21. The van der Waals surface area contributed by atoms with Crippen LogP contribution in [0.5, 0.6) is 5.88 Å². The molecule has 0 spiro atoms. The van der Waals surface area contributed by atoms with E-state index in [1.807, 2.05) is 6.07 Å². The van der Waals surface area contributed by atoms with Crippen LogP contribution in [0.15, 0.2) is 60.7 Å². The molecule has 2 aromatic carbocycles. The summed E-state index contributed by atoms with van der Waals surface area (Å²) >= 11 is 0. The highest BCUT2D eigenvalue weighted by Crippen LogP contribution is 2.22. The molecule has 0 aliphatic rings. The summed E-state index contributed by atoms with van der Waals surface area (Å²) in [7, 11) is 0. The molecule has 0 fully saturated rings. The Balaban J connectivity index is 1.57. The standard InChI is InChI=1S/C29H34N4O9/c1-17(2)26(32-29(40)41-15-19-9-5-4-6-10-19)28(39)30-18(3)27(38)31-21(14-25(36)37)23(34)16-42-33-22-12-8-7-11-20(22)13-24(33)35/h4-13,17-18,21,26,35H,14-16H2,1-3H3,(H,30,39)(H,31,38)(H,32,40)(H,36,37). The number of rotatable bonds is 14. The number of aromatic hydroxyl groups is 1. The zero-order chi connectivity index (χ0) is 30.8. The number of fused-ring (bicyclic) bond motifs is 1. The molecule has 13 heteroatoms. The first-order valence-electron chi connectivity index (χ1n) is 13.2. The molecule has 3 amide bonds. The van der Waals surface area contributed by atoms with Crippen LogP contribution >= 0.6 is 0 Å². The number of nitrogens with zero attached hydrogens (tertiary/aromatic N) is 1. The predicted molar refractivity (Wildman–Crippen MR) is 150 cm³/mol. The first-order chi connectivity index (χ1) is 20.0. The lowest BCUT2D eigenvalue weighted by Crippen LogP contribution is -2.56. The number of carboxylic acids is 1. The Morgan fingerprint density at radius 1 is 0.881 bits per heavy atom. The van der Waals surface area contributed by atoms with E-state index < -0.39 is 60.8 Å². The molecule has 3 unspecified atom stereocenters. The van der Waals surface area contributed by atoms with Gasteiger partial charge in [-0.2, -0.15) is 0 Å². The van der Waals surface area contributed by atoms with Gasteiger partial charge in [-0.25, -0.2) is 4.79 Å². The summed E-state index contributed by atoms with van der Waals surface area (Å²) in [5.41, 5.74) is 1.24. The fraction of sp³-hybridized carbons (Fsp3) is 0.345. The van der Waals surface area contributed by atoms with Crippen LogP contribution in [-0.4, -0.2) is 69.3 Å². The molecule has 0 radical (unpaired) electrons. The van der Waals surface area contributed by atoms with Gasteiger partial charge in [-0.1, -0.05) is 62.4 Å². The number of para-hydroxylation sites is 1. The molecular formula is C29H34N4O9. The third-order valence-corrected chi connectivity index (χ3v) is 6.26. The number of hydrogen-bond donors (Lipinski definition) is 5. The first kappa shape index (κ1) is 31.5. The van der Waals surface area contributed by atoms with Crippen molar-refractivity contribution in [3.05, 3.63) is 66.2 Å². The quantitative estimate of drug-likeness (QED) is 0.189. The average Bonchev–Trinajstić information content (AvgIpc) is 3.27. The van der Waals surface area contributed by atoms with Gasteiger partial charge in [0.25, 0.3) is 0 Å². The molecule has 0 bridgehead atoms. The number of benzene rings is 2. The summed E-state index contributed by atoms with van der Waals surface area (Å²) in [6, 6.07) is 13.5. The Morgan fingerprint density at radius 2 is 1.55 bits per heavy atom. The molecule has 1 aromatic heterocycles. The minimum absolute atomic E-state index is 0.000794. The number of ketones is 1. The third kappa shape index (κ3) is 8.71. The molecule has 1 heterocycles. The van der Waals surface area contributed by atoms with Gasteiger partial charge >= 0.3 is 12.1 Å². The molecule has 3 rings (SSSR count). The van der Waals surface area contributed by atoms with Gasteiger partial charge in [0, 0.05) is 11.5 Å². The Labute approximate surface area is 241 Å². The van der Waals surface area contributed by atoms with Gasteiger partial charge in [-0.15, -0.1) is 4.73 Å². The minimum Gasteiger partial charge on any atom is -0.492 e. The number of carboxylic acid groups (broad SMARTS) is 1. The van der Waals surface area contributed by atoms with Crippen LogP contribution in [0.4, 0.5) is 4.79 Å². The predicted octanol–water partition coefficient (Wildman–Crippen LogP) is 1.76. The van der Waals surface area contributed by atoms with Crippen LogP contribution in [0, 0.1) is 5.92 Å². The fourth-order valence-corrected chi connectivity index (χ4v) is 3.99. The molecule has 0 saturated heterocycles. The van der Waals surface area contributed by atoms with Crippen molar-refractivity contribution >= 4 is 40.6 Å². The number of carbonyl (C=O) groups is 5. The van der Waals surface area contributed by atoms with Crippen LogP contribution < -0.4 is 20.8 Å². The number of hydrogen-bond acceptors (Lipinski definition) is 8. The molecule has 3 atom stereocenters. The summed E-state index contributed by atoms with van der Waals surface area (Å²) < 4.78 is 6.20. The maximum Gasteiger partial charge on any atom is 0.408 e. The third-order valence-electron chi connectivity index (χ3n) is 6.26. The second-order valence-electron chi connectivity index (χ2n) is 9.91. The molecule has 0 aliphatic heterocycles. The van der Waals surface area contributed by atoms with Crippen molar-refractivity contribution in [2.75, 3.05) is 6.61 Å². The number of aliphatic carboxylic acids is 1. The fourth-order valence-electron chi connectivity index (χ4n) is 3.99. The van der Waals surface area contributed by atoms with Crippen molar-refractivity contribution in [2.24, 2.45) is 5.92 Å². The Bertz CT molecular complexity index is 1420. The second-order valence-corrected chi connectivity index (χ2v) is 9.91. The maximum atomic E-state index is 12.9. The van der Waals surface area contributed by atoms with E-state index in [1.165, 1.54) is 13.0 Å². The smallest absolute Gasteiger partial charge is 0.408 e. The summed E-state index contributed by atoms with van der Waals surface area (Å²) in [6.07, 6.45) is -1.56. The van der Waals surface area contributed by atoms with E-state index in [1.54, 1.807) is 62.4 Å². The number of ether oxygens (including phenoxy) is 1. The molecule has 13 nitrogen and oxygen atoms in total. The summed E-state index contributed by atoms with van der Waals surface area (Å²) in [6.45, 7) is 4.08. The van der Waals surface area contributed by atoms with Crippen LogP contribution in [0.1, 0.15) is 32.8 Å². The van der Waals surface area contributed by atoms with E-state index in [-0.39, 0.29) is 18.4 Å². The zero-order valence-corrected chi connectivity index (χ0v) is 23.4. The Morgan fingerprint density at radius 3 is 2.21 bits per heavy atom. The van der Waals surface area contributed by atoms with Gasteiger partial charge < -0.3 is 35.7 Å². The molecule has 42 heavy (non-hydrogen) atoms. The molecule has 0 saturated carbocycles. The lowest BCUT2D eigenvalue weighted by atomic mass is 10.0. The highest BCUT2D eigenvalue weighted by molar-refractivity contribution is 5.96. The number of Topliss-reactive ketones (excluding diaryl/α,β-unsaturated/α-hetero) is 1. The van der Waals surface area contributed by atoms with E-state index in [9.17, 15) is 34.2 Å². The summed E-state index contributed by atoms with van der Waals surface area (Å²) in [4.78, 5) is 67.7. The number of carbonyl (C=O) groups excluding carboxylic acids is 4. The van der Waals surface area contributed by atoms with Crippen molar-refractivity contribution in [3.63, 3.8) is 0 Å². The van der Waals surface area contributed by atoms with E-state index in [0.29, 0.717) is 10.9 Å². The molecule has 3 aromatic rings. The first-order valence-corrected chi connectivity index (χ1v) is 13.2. The van der Waals surface area contributed by atoms with Crippen molar-refractivity contribution in [1.82, 2.24) is 20.7 Å². The lowest BCUT2D eigenvalue weighted by Gasteiger charge is -2.24. The summed E-state index contributed by atoms with van der Waals surface area (Å²) in [5.74, 6) is -4.27. The molecule has 5 N–H and O–H groups in total. The van der Waals surface area contributed by atoms with Crippen LogP contribution in [0.3, 0.4) is 0 Å². The van der Waals surface area contributed by atoms with E-state index >= 15 is 0 Å². The van der Waals surface area contributed by atoms with Crippen LogP contribution in [-0.2, 0) is 30.5 Å². The second kappa shape index (κ2) is 14.5. The maximum absolute atomic E-state index is 12.9. The minimum atomic E-state index is -1.48. The molecule has 224 valence electrons. The Hall–Kier alpha value is -5.07. The van der Waals surface area contributed by atoms with Gasteiger partial charge in [0.15, 0.2) is 12.4 Å². The zero-order valence-electron chi connectivity index (χ0n) is 23.4. The van der Waals surface area contributed by atoms with Crippen LogP contribution in [0.2, 0.25) is 0 Å².